The molecule has 0 aliphatic carbocycles. The molecule has 0 radical (unpaired) electrons. The number of methoxy groups -OCH3 is 1. The third-order valence-electron chi connectivity index (χ3n) is 4.20. The number of carbonyl (C=O) groups excluding carboxylic acids is 3. The Balaban J connectivity index is 1.72. The zero-order valence-corrected chi connectivity index (χ0v) is 17.0. The standard InChI is InChI=1S/C19H24N2O7S/c1-13(20-17(22)8-5-14-3-6-16(27-2)7-4-14)19(24)28-11-18(23)21-15-9-10-29(25,26)12-15/h3-8,13,15H,9-12H2,1-2H3,(H,20,22)(H,21,23)/b8-5+/t13-,15+/m1/s1. The lowest BCUT2D eigenvalue weighted by molar-refractivity contribution is -0.151. The molecule has 0 saturated carbocycles. The number of amides is 2. The Morgan fingerprint density at radius 1 is 1.24 bits per heavy atom. The highest BCUT2D eigenvalue weighted by Gasteiger charge is 2.29. The predicted molar refractivity (Wildman–Crippen MR) is 106 cm³/mol. The minimum atomic E-state index is -3.11. The van der Waals surface area contributed by atoms with Gasteiger partial charge in [-0.2, -0.15) is 0 Å². The zero-order valence-electron chi connectivity index (χ0n) is 16.2. The van der Waals surface area contributed by atoms with Gasteiger partial charge in [-0.15, -0.1) is 0 Å². The third-order valence-corrected chi connectivity index (χ3v) is 5.97. The second kappa shape index (κ2) is 10.1. The van der Waals surface area contributed by atoms with E-state index < -0.39 is 46.3 Å². The second-order valence-corrected chi connectivity index (χ2v) is 8.84. The van der Waals surface area contributed by atoms with Crippen molar-refractivity contribution in [2.45, 2.75) is 25.4 Å². The molecule has 1 saturated heterocycles. The van der Waals surface area contributed by atoms with Gasteiger partial charge in [0.05, 0.1) is 18.6 Å². The van der Waals surface area contributed by atoms with Crippen molar-refractivity contribution in [1.29, 1.82) is 0 Å². The highest BCUT2D eigenvalue weighted by molar-refractivity contribution is 7.91. The summed E-state index contributed by atoms with van der Waals surface area (Å²) >= 11 is 0. The van der Waals surface area contributed by atoms with Gasteiger partial charge < -0.3 is 20.1 Å². The summed E-state index contributed by atoms with van der Waals surface area (Å²) in [4.78, 5) is 35.6. The number of hydrogen-bond acceptors (Lipinski definition) is 7. The third kappa shape index (κ3) is 7.57. The molecule has 1 fully saturated rings. The largest absolute Gasteiger partial charge is 0.497 e. The molecule has 1 heterocycles. The molecule has 2 rings (SSSR count). The average Bonchev–Trinajstić information content (AvgIpc) is 3.02. The molecule has 1 aromatic rings. The fourth-order valence-electron chi connectivity index (χ4n) is 2.65. The highest BCUT2D eigenvalue weighted by atomic mass is 32.2. The maximum atomic E-state index is 11.9. The molecule has 1 aromatic carbocycles. The maximum absolute atomic E-state index is 11.9. The van der Waals surface area contributed by atoms with Gasteiger partial charge in [-0.1, -0.05) is 12.1 Å². The van der Waals surface area contributed by atoms with Crippen molar-refractivity contribution in [1.82, 2.24) is 10.6 Å². The van der Waals surface area contributed by atoms with Gasteiger partial charge >= 0.3 is 5.97 Å². The number of hydrogen-bond donors (Lipinski definition) is 2. The van der Waals surface area contributed by atoms with Crippen LogP contribution < -0.4 is 15.4 Å². The molecule has 0 unspecified atom stereocenters. The van der Waals surface area contributed by atoms with Crippen molar-refractivity contribution in [2.24, 2.45) is 0 Å². The first-order chi connectivity index (χ1) is 13.7. The summed E-state index contributed by atoms with van der Waals surface area (Å²) in [5.41, 5.74) is 0.779. The fraction of sp³-hybridized carbons (Fsp3) is 0.421. The predicted octanol–water partition coefficient (Wildman–Crippen LogP) is 0.0596. The van der Waals surface area contributed by atoms with Crippen LogP contribution in [0.5, 0.6) is 5.75 Å². The van der Waals surface area contributed by atoms with Crippen LogP contribution in [0.2, 0.25) is 0 Å². The summed E-state index contributed by atoms with van der Waals surface area (Å²) in [5, 5.41) is 4.96. The maximum Gasteiger partial charge on any atom is 0.328 e. The number of benzene rings is 1. The Morgan fingerprint density at radius 2 is 1.93 bits per heavy atom. The van der Waals surface area contributed by atoms with Crippen LogP contribution in [0.15, 0.2) is 30.3 Å². The molecule has 0 bridgehead atoms. The number of rotatable bonds is 8. The Bertz CT molecular complexity index is 878. The van der Waals surface area contributed by atoms with Crippen LogP contribution >= 0.6 is 0 Å². The lowest BCUT2D eigenvalue weighted by atomic mass is 10.2. The summed E-state index contributed by atoms with van der Waals surface area (Å²) in [6, 6.07) is 5.63. The smallest absolute Gasteiger partial charge is 0.328 e. The molecule has 10 heteroatoms. The first-order valence-corrected chi connectivity index (χ1v) is 10.8. The van der Waals surface area contributed by atoms with Gasteiger partial charge in [0, 0.05) is 12.1 Å². The molecule has 1 aliphatic rings. The first-order valence-electron chi connectivity index (χ1n) is 8.97. The van der Waals surface area contributed by atoms with E-state index in [0.29, 0.717) is 12.2 Å². The van der Waals surface area contributed by atoms with Crippen molar-refractivity contribution in [3.63, 3.8) is 0 Å². The topological polar surface area (TPSA) is 128 Å². The summed E-state index contributed by atoms with van der Waals surface area (Å²) in [5.74, 6) is -1.24. The summed E-state index contributed by atoms with van der Waals surface area (Å²) in [6.07, 6.45) is 3.20. The number of ether oxygens (including phenoxy) is 2. The van der Waals surface area contributed by atoms with Crippen LogP contribution in [0.4, 0.5) is 0 Å². The molecule has 2 N–H and O–H groups in total. The summed E-state index contributed by atoms with van der Waals surface area (Å²) < 4.78 is 32.6. The first kappa shape index (κ1) is 22.4. The molecule has 2 amide bonds. The van der Waals surface area contributed by atoms with Gasteiger partial charge in [0.1, 0.15) is 11.8 Å². The van der Waals surface area contributed by atoms with E-state index in [1.807, 2.05) is 0 Å². The van der Waals surface area contributed by atoms with Gasteiger partial charge in [0.15, 0.2) is 16.4 Å². The molecular weight excluding hydrogens is 400 g/mol. The Kier molecular flexibility index (Phi) is 7.77. The summed E-state index contributed by atoms with van der Waals surface area (Å²) in [6.45, 7) is 0.889. The highest BCUT2D eigenvalue weighted by Crippen LogP contribution is 2.12. The van der Waals surface area contributed by atoms with E-state index in [0.717, 1.165) is 5.56 Å². The summed E-state index contributed by atoms with van der Waals surface area (Å²) in [7, 11) is -1.55. The zero-order chi connectivity index (χ0) is 21.4. The van der Waals surface area contributed by atoms with Crippen LogP contribution in [0.3, 0.4) is 0 Å². The van der Waals surface area contributed by atoms with Gasteiger partial charge in [0.2, 0.25) is 5.91 Å². The molecule has 9 nitrogen and oxygen atoms in total. The molecule has 158 valence electrons. The molecular formula is C19H24N2O7S. The van der Waals surface area contributed by atoms with Gasteiger partial charge in [-0.3, -0.25) is 9.59 Å². The van der Waals surface area contributed by atoms with E-state index in [9.17, 15) is 22.8 Å². The molecule has 0 aromatic heterocycles. The molecule has 2 atom stereocenters. The SMILES string of the molecule is COc1ccc(/C=C/C(=O)N[C@H](C)C(=O)OCC(=O)N[C@H]2CCS(=O)(=O)C2)cc1. The van der Waals surface area contributed by atoms with Crippen molar-refractivity contribution >= 4 is 33.7 Å². The van der Waals surface area contributed by atoms with Crippen molar-refractivity contribution in [3.8, 4) is 5.75 Å². The Labute approximate surface area is 169 Å². The fourth-order valence-corrected chi connectivity index (χ4v) is 4.32. The number of carbonyl (C=O) groups is 3. The Hall–Kier alpha value is -2.88. The van der Waals surface area contributed by atoms with Crippen molar-refractivity contribution in [2.75, 3.05) is 25.2 Å². The average molecular weight is 424 g/mol. The van der Waals surface area contributed by atoms with Crippen LogP contribution in [-0.2, 0) is 29.0 Å². The van der Waals surface area contributed by atoms with Crippen LogP contribution in [0.1, 0.15) is 18.9 Å². The minimum Gasteiger partial charge on any atom is -0.497 e. The quantitative estimate of drug-likeness (QED) is 0.446. The van der Waals surface area contributed by atoms with Gasteiger partial charge in [0.25, 0.3) is 5.91 Å². The van der Waals surface area contributed by atoms with E-state index in [1.165, 1.54) is 13.0 Å². The van der Waals surface area contributed by atoms with Gasteiger partial charge in [-0.25, -0.2) is 13.2 Å². The lowest BCUT2D eigenvalue weighted by Gasteiger charge is -2.14. The normalized spacial score (nSPS) is 18.8. The van der Waals surface area contributed by atoms with E-state index in [-0.39, 0.29) is 11.5 Å². The van der Waals surface area contributed by atoms with Crippen molar-refractivity contribution < 1.29 is 32.3 Å². The van der Waals surface area contributed by atoms with Crippen LogP contribution in [-0.4, -0.2) is 63.5 Å². The van der Waals surface area contributed by atoms with E-state index >= 15 is 0 Å². The molecule has 29 heavy (non-hydrogen) atoms. The second-order valence-electron chi connectivity index (χ2n) is 6.61. The number of nitrogens with one attached hydrogen (secondary N) is 2. The number of esters is 1. The molecule has 1 aliphatic heterocycles. The number of sulfone groups is 1. The lowest BCUT2D eigenvalue weighted by Crippen LogP contribution is -2.42. The van der Waals surface area contributed by atoms with E-state index in [4.69, 9.17) is 9.47 Å². The van der Waals surface area contributed by atoms with E-state index in [2.05, 4.69) is 10.6 Å². The van der Waals surface area contributed by atoms with Gasteiger partial charge in [-0.05, 0) is 37.1 Å². The van der Waals surface area contributed by atoms with Crippen molar-refractivity contribution in [3.05, 3.63) is 35.9 Å². The van der Waals surface area contributed by atoms with E-state index in [1.54, 1.807) is 37.5 Å². The van der Waals surface area contributed by atoms with Crippen LogP contribution in [0.25, 0.3) is 6.08 Å². The molecule has 0 spiro atoms. The van der Waals surface area contributed by atoms with Crippen LogP contribution in [0, 0.1) is 0 Å². The Morgan fingerprint density at radius 3 is 2.52 bits per heavy atom. The minimum absolute atomic E-state index is 0.0326. The monoisotopic (exact) mass is 424 g/mol.